The van der Waals surface area contributed by atoms with Gasteiger partial charge in [0.15, 0.2) is 6.10 Å². The first-order valence-corrected chi connectivity index (χ1v) is 9.10. The molecule has 1 N–H and O–H groups in total. The molecule has 1 aromatic carbocycles. The number of nitrogens with one attached hydrogen (secondary N) is 1. The van der Waals surface area contributed by atoms with Crippen LogP contribution in [-0.2, 0) is 16.1 Å². The van der Waals surface area contributed by atoms with Crippen LogP contribution in [0.5, 0.6) is 0 Å². The van der Waals surface area contributed by atoms with Gasteiger partial charge in [-0.1, -0.05) is 6.07 Å². The molecule has 0 fully saturated rings. The van der Waals surface area contributed by atoms with Crippen LogP contribution in [0.1, 0.15) is 40.0 Å². The largest absolute Gasteiger partial charge is 0.467 e. The first-order valence-electron chi connectivity index (χ1n) is 9.10. The second-order valence-electron chi connectivity index (χ2n) is 6.68. The lowest BCUT2D eigenvalue weighted by molar-refractivity contribution is -0.123. The number of hydrogen-bond donors (Lipinski definition) is 1. The second-order valence-corrected chi connectivity index (χ2v) is 6.68. The van der Waals surface area contributed by atoms with Gasteiger partial charge >= 0.3 is 5.97 Å². The van der Waals surface area contributed by atoms with E-state index in [2.05, 4.69) is 5.32 Å². The fourth-order valence-electron chi connectivity index (χ4n) is 3.00. The van der Waals surface area contributed by atoms with Crippen LogP contribution >= 0.6 is 0 Å². The molecule has 3 rings (SSSR count). The summed E-state index contributed by atoms with van der Waals surface area (Å²) < 4.78 is 12.7. The van der Waals surface area contributed by atoms with Crippen molar-refractivity contribution in [1.82, 2.24) is 4.57 Å². The Morgan fingerprint density at radius 3 is 2.72 bits per heavy atom. The molecule has 148 valence electrons. The quantitative estimate of drug-likeness (QED) is 0.645. The van der Waals surface area contributed by atoms with E-state index in [4.69, 9.17) is 14.4 Å². The van der Waals surface area contributed by atoms with Crippen molar-refractivity contribution in [3.63, 3.8) is 0 Å². The van der Waals surface area contributed by atoms with Crippen molar-refractivity contribution >= 4 is 17.6 Å². The van der Waals surface area contributed by atoms with Gasteiger partial charge in [0.25, 0.3) is 5.91 Å². The standard InChI is InChI=1S/C22H21N3O4/c1-14-10-20(15(2)25(14)13-19-8-5-9-28-19)22(27)29-16(3)21(26)24-18-7-4-6-17(11-18)12-23/h4-11,16H,13H2,1-3H3,(H,24,26)/t16-/m0/s1. The second kappa shape index (κ2) is 8.48. The van der Waals surface area contributed by atoms with E-state index in [9.17, 15) is 9.59 Å². The number of aryl methyl sites for hydroxylation is 1. The molecule has 1 atom stereocenters. The van der Waals surface area contributed by atoms with Crippen LogP contribution in [0.4, 0.5) is 5.69 Å². The molecule has 0 bridgehead atoms. The number of carbonyl (C=O) groups is 2. The molecule has 7 heteroatoms. The fourth-order valence-corrected chi connectivity index (χ4v) is 3.00. The van der Waals surface area contributed by atoms with Crippen molar-refractivity contribution in [2.75, 3.05) is 5.32 Å². The molecule has 7 nitrogen and oxygen atoms in total. The van der Waals surface area contributed by atoms with E-state index in [1.807, 2.05) is 36.6 Å². The molecule has 1 amide bonds. The zero-order valence-electron chi connectivity index (χ0n) is 16.4. The summed E-state index contributed by atoms with van der Waals surface area (Å²) in [5, 5.41) is 11.6. The molecular weight excluding hydrogens is 370 g/mol. The minimum absolute atomic E-state index is 0.403. The van der Waals surface area contributed by atoms with Crippen LogP contribution in [-0.4, -0.2) is 22.5 Å². The molecule has 0 unspecified atom stereocenters. The third kappa shape index (κ3) is 4.55. The van der Waals surface area contributed by atoms with Crippen molar-refractivity contribution in [3.8, 4) is 6.07 Å². The van der Waals surface area contributed by atoms with E-state index in [0.29, 0.717) is 23.4 Å². The van der Waals surface area contributed by atoms with Crippen LogP contribution < -0.4 is 5.32 Å². The molecule has 29 heavy (non-hydrogen) atoms. The van der Waals surface area contributed by atoms with E-state index < -0.39 is 18.0 Å². The summed E-state index contributed by atoms with van der Waals surface area (Å²) >= 11 is 0. The Kier molecular flexibility index (Phi) is 5.84. The predicted octanol–water partition coefficient (Wildman–Crippen LogP) is 3.80. The molecule has 0 spiro atoms. The summed E-state index contributed by atoms with van der Waals surface area (Å²) in [6, 6.07) is 13.9. The number of hydrogen-bond acceptors (Lipinski definition) is 5. The van der Waals surface area contributed by atoms with Crippen molar-refractivity contribution in [3.05, 3.63) is 77.0 Å². The van der Waals surface area contributed by atoms with Crippen molar-refractivity contribution in [2.24, 2.45) is 0 Å². The first kappa shape index (κ1) is 20.0. The van der Waals surface area contributed by atoms with Crippen molar-refractivity contribution < 1.29 is 18.7 Å². The van der Waals surface area contributed by atoms with Gasteiger partial charge in [0.05, 0.1) is 30.0 Å². The van der Waals surface area contributed by atoms with Crippen LogP contribution in [0.2, 0.25) is 0 Å². The van der Waals surface area contributed by atoms with Gasteiger partial charge in [-0.3, -0.25) is 4.79 Å². The summed E-state index contributed by atoms with van der Waals surface area (Å²) in [6.45, 7) is 5.72. The lowest BCUT2D eigenvalue weighted by Gasteiger charge is -2.14. The highest BCUT2D eigenvalue weighted by Gasteiger charge is 2.23. The Balaban J connectivity index is 1.67. The van der Waals surface area contributed by atoms with E-state index in [-0.39, 0.29) is 0 Å². The maximum atomic E-state index is 12.6. The van der Waals surface area contributed by atoms with Crippen LogP contribution in [0.3, 0.4) is 0 Å². The summed E-state index contributed by atoms with van der Waals surface area (Å²) in [4.78, 5) is 25.0. The highest BCUT2D eigenvalue weighted by molar-refractivity contribution is 5.97. The van der Waals surface area contributed by atoms with Gasteiger partial charge in [-0.05, 0) is 57.2 Å². The van der Waals surface area contributed by atoms with Gasteiger partial charge < -0.3 is 19.0 Å². The summed E-state index contributed by atoms with van der Waals surface area (Å²) in [7, 11) is 0. The molecular formula is C22H21N3O4. The van der Waals surface area contributed by atoms with Gasteiger partial charge in [-0.2, -0.15) is 5.26 Å². The minimum Gasteiger partial charge on any atom is -0.467 e. The number of benzene rings is 1. The Hall–Kier alpha value is -3.79. The third-order valence-corrected chi connectivity index (χ3v) is 4.60. The highest BCUT2D eigenvalue weighted by Crippen LogP contribution is 2.19. The smallest absolute Gasteiger partial charge is 0.340 e. The summed E-state index contributed by atoms with van der Waals surface area (Å²) in [5.74, 6) is -0.269. The SMILES string of the molecule is Cc1cc(C(=O)O[C@@H](C)C(=O)Nc2cccc(C#N)c2)c(C)n1Cc1ccco1. The van der Waals surface area contributed by atoms with Gasteiger partial charge in [-0.25, -0.2) is 4.79 Å². The van der Waals surface area contributed by atoms with Gasteiger partial charge in [0, 0.05) is 17.1 Å². The zero-order chi connectivity index (χ0) is 21.0. The molecule has 2 aromatic heterocycles. The topological polar surface area (TPSA) is 97.3 Å². The molecule has 0 saturated carbocycles. The van der Waals surface area contributed by atoms with E-state index >= 15 is 0 Å². The molecule has 3 aromatic rings. The molecule has 2 heterocycles. The Bertz CT molecular complexity index is 1070. The maximum Gasteiger partial charge on any atom is 0.340 e. The van der Waals surface area contributed by atoms with Crippen LogP contribution in [0.15, 0.2) is 53.1 Å². The van der Waals surface area contributed by atoms with Gasteiger partial charge in [-0.15, -0.1) is 0 Å². The number of amides is 1. The van der Waals surface area contributed by atoms with Crippen LogP contribution in [0.25, 0.3) is 0 Å². The van der Waals surface area contributed by atoms with Gasteiger partial charge in [0.1, 0.15) is 5.76 Å². The van der Waals surface area contributed by atoms with Crippen molar-refractivity contribution in [2.45, 2.75) is 33.4 Å². The number of nitrogens with zero attached hydrogens (tertiary/aromatic N) is 2. The van der Waals surface area contributed by atoms with Gasteiger partial charge in [0.2, 0.25) is 0 Å². The Morgan fingerprint density at radius 2 is 2.03 bits per heavy atom. The first-order chi connectivity index (χ1) is 13.9. The average molecular weight is 391 g/mol. The number of nitriles is 1. The van der Waals surface area contributed by atoms with E-state index in [1.54, 1.807) is 36.6 Å². The molecule has 0 aliphatic carbocycles. The third-order valence-electron chi connectivity index (χ3n) is 4.60. The average Bonchev–Trinajstić information content (AvgIpc) is 3.31. The van der Waals surface area contributed by atoms with Crippen LogP contribution in [0, 0.1) is 25.2 Å². The number of carbonyl (C=O) groups excluding carboxylic acids is 2. The number of aromatic nitrogens is 1. The minimum atomic E-state index is -0.999. The molecule has 0 aliphatic heterocycles. The molecule has 0 aliphatic rings. The number of esters is 1. The summed E-state index contributed by atoms with van der Waals surface area (Å²) in [5.41, 5.74) is 2.92. The normalized spacial score (nSPS) is 11.5. The lowest BCUT2D eigenvalue weighted by atomic mass is 10.2. The highest BCUT2D eigenvalue weighted by atomic mass is 16.5. The van der Waals surface area contributed by atoms with E-state index in [0.717, 1.165) is 17.1 Å². The predicted molar refractivity (Wildman–Crippen MR) is 106 cm³/mol. The Labute approximate surface area is 168 Å². The fraction of sp³-hybridized carbons (Fsp3) is 0.227. The Morgan fingerprint density at radius 1 is 1.24 bits per heavy atom. The number of rotatable bonds is 6. The number of ether oxygens (including phenoxy) is 1. The van der Waals surface area contributed by atoms with Crippen molar-refractivity contribution in [1.29, 1.82) is 5.26 Å². The zero-order valence-corrected chi connectivity index (χ0v) is 16.4. The summed E-state index contributed by atoms with van der Waals surface area (Å²) in [6.07, 6.45) is 0.604. The molecule has 0 radical (unpaired) electrons. The molecule has 0 saturated heterocycles. The maximum absolute atomic E-state index is 12.6. The number of furan rings is 1. The number of anilines is 1. The monoisotopic (exact) mass is 391 g/mol. The lowest BCUT2D eigenvalue weighted by Crippen LogP contribution is -2.30. The van der Waals surface area contributed by atoms with E-state index in [1.165, 1.54) is 6.92 Å².